The van der Waals surface area contributed by atoms with Gasteiger partial charge in [-0.2, -0.15) is 0 Å². The zero-order valence-electron chi connectivity index (χ0n) is 13.5. The second kappa shape index (κ2) is 9.44. The van der Waals surface area contributed by atoms with Crippen molar-refractivity contribution >= 4 is 24.3 Å². The number of likely N-dealkylation sites (tertiary alicyclic amines) is 1. The van der Waals surface area contributed by atoms with E-state index in [4.69, 9.17) is 9.84 Å². The third-order valence-electron chi connectivity index (χ3n) is 3.93. The van der Waals surface area contributed by atoms with Gasteiger partial charge in [0.2, 0.25) is 5.91 Å². The summed E-state index contributed by atoms with van der Waals surface area (Å²) in [5.41, 5.74) is 0. The van der Waals surface area contributed by atoms with Crippen molar-refractivity contribution in [1.29, 1.82) is 0 Å². The van der Waals surface area contributed by atoms with Crippen LogP contribution < -0.4 is 4.74 Å². The van der Waals surface area contributed by atoms with Crippen LogP contribution in [0.15, 0.2) is 24.3 Å². The number of carbonyl (C=O) groups excluding carboxylic acids is 1. The average Bonchev–Trinajstić information content (AvgIpc) is 2.97. The first-order valence-electron chi connectivity index (χ1n) is 7.57. The second-order valence-electron chi connectivity index (χ2n) is 5.56. The van der Waals surface area contributed by atoms with Crippen molar-refractivity contribution in [2.75, 3.05) is 33.3 Å². The van der Waals surface area contributed by atoms with Crippen LogP contribution in [-0.2, 0) is 9.59 Å². The normalized spacial score (nSPS) is 17.2. The molecule has 6 nitrogen and oxygen atoms in total. The minimum absolute atomic E-state index is 0. The summed E-state index contributed by atoms with van der Waals surface area (Å²) >= 11 is 0. The molecule has 1 aromatic rings. The summed E-state index contributed by atoms with van der Waals surface area (Å²) in [6, 6.07) is 5.50. The molecule has 1 N–H and O–H groups in total. The first-order chi connectivity index (χ1) is 11.0. The number of rotatable bonds is 7. The number of halogens is 2. The van der Waals surface area contributed by atoms with Gasteiger partial charge in [0.25, 0.3) is 0 Å². The Morgan fingerprint density at radius 1 is 1.42 bits per heavy atom. The number of carboxylic acid groups (broad SMARTS) is 1. The SMILES string of the molecule is CN(CCOc1ccccc1F)C(=O)CN1CCCC1C(=O)O.Cl. The molecule has 0 bridgehead atoms. The van der Waals surface area contributed by atoms with Crippen LogP contribution in [0.4, 0.5) is 4.39 Å². The van der Waals surface area contributed by atoms with Gasteiger partial charge in [0, 0.05) is 7.05 Å². The van der Waals surface area contributed by atoms with Crippen LogP contribution >= 0.6 is 12.4 Å². The number of hydrogen-bond acceptors (Lipinski definition) is 4. The lowest BCUT2D eigenvalue weighted by Gasteiger charge is -2.24. The predicted molar refractivity (Wildman–Crippen MR) is 89.0 cm³/mol. The average molecular weight is 361 g/mol. The monoisotopic (exact) mass is 360 g/mol. The highest BCUT2D eigenvalue weighted by Gasteiger charge is 2.32. The van der Waals surface area contributed by atoms with Crippen molar-refractivity contribution in [2.45, 2.75) is 18.9 Å². The fourth-order valence-corrected chi connectivity index (χ4v) is 2.57. The minimum Gasteiger partial charge on any atom is -0.489 e. The van der Waals surface area contributed by atoms with Crippen LogP contribution in [0.1, 0.15) is 12.8 Å². The highest BCUT2D eigenvalue weighted by molar-refractivity contribution is 5.85. The van der Waals surface area contributed by atoms with E-state index in [2.05, 4.69) is 0 Å². The van der Waals surface area contributed by atoms with Gasteiger partial charge < -0.3 is 14.7 Å². The molecule has 8 heteroatoms. The molecule has 1 heterocycles. The van der Waals surface area contributed by atoms with E-state index in [1.807, 2.05) is 0 Å². The Balaban J connectivity index is 0.00000288. The molecule has 24 heavy (non-hydrogen) atoms. The molecular weight excluding hydrogens is 339 g/mol. The maximum Gasteiger partial charge on any atom is 0.320 e. The molecule has 1 aromatic carbocycles. The van der Waals surface area contributed by atoms with Crippen molar-refractivity contribution in [1.82, 2.24) is 9.80 Å². The molecule has 1 amide bonds. The number of carboxylic acids is 1. The van der Waals surface area contributed by atoms with E-state index >= 15 is 0 Å². The van der Waals surface area contributed by atoms with Crippen LogP contribution in [0.5, 0.6) is 5.75 Å². The highest BCUT2D eigenvalue weighted by atomic mass is 35.5. The zero-order chi connectivity index (χ0) is 16.8. The van der Waals surface area contributed by atoms with Gasteiger partial charge >= 0.3 is 5.97 Å². The molecule has 0 aliphatic carbocycles. The van der Waals surface area contributed by atoms with Crippen molar-refractivity contribution < 1.29 is 23.8 Å². The Hall–Kier alpha value is -1.86. The Morgan fingerprint density at radius 2 is 2.12 bits per heavy atom. The van der Waals surface area contributed by atoms with Crippen molar-refractivity contribution in [3.8, 4) is 5.75 Å². The topological polar surface area (TPSA) is 70.1 Å². The molecule has 0 saturated carbocycles. The second-order valence-corrected chi connectivity index (χ2v) is 5.56. The molecular formula is C16H22ClFN2O4. The molecule has 1 saturated heterocycles. The number of benzene rings is 1. The summed E-state index contributed by atoms with van der Waals surface area (Å²) in [6.07, 6.45) is 1.35. The summed E-state index contributed by atoms with van der Waals surface area (Å²) in [5.74, 6) is -1.35. The first kappa shape index (κ1) is 20.2. The van der Waals surface area contributed by atoms with Crippen LogP contribution in [-0.4, -0.2) is 66.1 Å². The number of para-hydroxylation sites is 1. The Morgan fingerprint density at radius 3 is 2.79 bits per heavy atom. The van der Waals surface area contributed by atoms with Crippen LogP contribution in [0.2, 0.25) is 0 Å². The van der Waals surface area contributed by atoms with Gasteiger partial charge in [-0.15, -0.1) is 12.4 Å². The molecule has 1 atom stereocenters. The summed E-state index contributed by atoms with van der Waals surface area (Å²) in [4.78, 5) is 26.4. The number of likely N-dealkylation sites (N-methyl/N-ethyl adjacent to an activating group) is 1. The molecule has 1 aliphatic heterocycles. The predicted octanol–water partition coefficient (Wildman–Crippen LogP) is 1.63. The first-order valence-corrected chi connectivity index (χ1v) is 7.57. The lowest BCUT2D eigenvalue weighted by Crippen LogP contribution is -2.44. The third-order valence-corrected chi connectivity index (χ3v) is 3.93. The van der Waals surface area contributed by atoms with Crippen molar-refractivity contribution in [3.05, 3.63) is 30.1 Å². The molecule has 0 aromatic heterocycles. The Bertz CT molecular complexity index is 573. The van der Waals surface area contributed by atoms with Gasteiger partial charge in [0.15, 0.2) is 11.6 Å². The van der Waals surface area contributed by atoms with E-state index in [1.54, 1.807) is 24.1 Å². The zero-order valence-corrected chi connectivity index (χ0v) is 14.3. The molecule has 0 spiro atoms. The van der Waals surface area contributed by atoms with Crippen molar-refractivity contribution in [3.63, 3.8) is 0 Å². The highest BCUT2D eigenvalue weighted by Crippen LogP contribution is 2.17. The van der Waals surface area contributed by atoms with E-state index in [0.717, 1.165) is 6.42 Å². The number of carbonyl (C=O) groups is 2. The summed E-state index contributed by atoms with van der Waals surface area (Å²) < 4.78 is 18.7. The molecule has 1 unspecified atom stereocenters. The fraction of sp³-hybridized carbons (Fsp3) is 0.500. The van der Waals surface area contributed by atoms with E-state index < -0.39 is 17.8 Å². The maximum absolute atomic E-state index is 13.4. The molecule has 0 radical (unpaired) electrons. The standard InChI is InChI=1S/C16H21FN2O4.ClH/c1-18(9-10-23-14-7-3-2-5-12(14)17)15(20)11-19-8-4-6-13(19)16(21)22;/h2-3,5,7,13H,4,6,8-11H2,1H3,(H,21,22);1H. The quantitative estimate of drug-likeness (QED) is 0.800. The Labute approximate surface area is 146 Å². The number of hydrogen-bond donors (Lipinski definition) is 1. The van der Waals surface area contributed by atoms with Crippen LogP contribution in [0.25, 0.3) is 0 Å². The van der Waals surface area contributed by atoms with E-state index in [1.165, 1.54) is 17.0 Å². The summed E-state index contributed by atoms with van der Waals surface area (Å²) in [6.45, 7) is 1.17. The smallest absolute Gasteiger partial charge is 0.320 e. The number of amides is 1. The van der Waals surface area contributed by atoms with E-state index in [9.17, 15) is 14.0 Å². The van der Waals surface area contributed by atoms with Crippen LogP contribution in [0.3, 0.4) is 0 Å². The molecule has 134 valence electrons. The van der Waals surface area contributed by atoms with Gasteiger partial charge in [0.1, 0.15) is 12.6 Å². The number of nitrogens with zero attached hydrogens (tertiary/aromatic N) is 2. The number of ether oxygens (including phenoxy) is 1. The number of aliphatic carboxylic acids is 1. The lowest BCUT2D eigenvalue weighted by molar-refractivity contribution is -0.143. The minimum atomic E-state index is -0.888. The third kappa shape index (κ3) is 5.35. The van der Waals surface area contributed by atoms with E-state index in [-0.39, 0.29) is 37.2 Å². The lowest BCUT2D eigenvalue weighted by atomic mass is 10.2. The van der Waals surface area contributed by atoms with Crippen molar-refractivity contribution in [2.24, 2.45) is 0 Å². The maximum atomic E-state index is 13.4. The fourth-order valence-electron chi connectivity index (χ4n) is 2.57. The van der Waals surface area contributed by atoms with Gasteiger partial charge in [0.05, 0.1) is 13.1 Å². The largest absolute Gasteiger partial charge is 0.489 e. The molecule has 2 rings (SSSR count). The molecule has 1 aliphatic rings. The van der Waals surface area contributed by atoms with Crippen LogP contribution in [0, 0.1) is 5.82 Å². The van der Waals surface area contributed by atoms with Gasteiger partial charge in [-0.1, -0.05) is 12.1 Å². The van der Waals surface area contributed by atoms with Gasteiger partial charge in [-0.05, 0) is 31.5 Å². The van der Waals surface area contributed by atoms with Gasteiger partial charge in [-0.25, -0.2) is 4.39 Å². The van der Waals surface area contributed by atoms with Gasteiger partial charge in [-0.3, -0.25) is 14.5 Å². The molecule has 1 fully saturated rings. The summed E-state index contributed by atoms with van der Waals surface area (Å²) in [7, 11) is 1.62. The Kier molecular flexibility index (Phi) is 7.94. The van der Waals surface area contributed by atoms with E-state index in [0.29, 0.717) is 19.5 Å². The summed E-state index contributed by atoms with van der Waals surface area (Å²) in [5, 5.41) is 9.11.